The minimum Gasteiger partial charge on any atom is -0.460 e. The van der Waals surface area contributed by atoms with Crippen LogP contribution in [0.4, 0.5) is 0 Å². The van der Waals surface area contributed by atoms with Gasteiger partial charge < -0.3 is 9.47 Å². The first-order valence-corrected chi connectivity index (χ1v) is 3.48. The molecular weight excluding hydrogens is 132 g/mol. The molecule has 0 aromatic rings. The third kappa shape index (κ3) is 1.70. The smallest absolute Gasteiger partial charge is 0.311 e. The number of rotatable bonds is 0. The van der Waals surface area contributed by atoms with Crippen molar-refractivity contribution in [3.63, 3.8) is 0 Å². The lowest BCUT2D eigenvalue weighted by Gasteiger charge is -2.07. The van der Waals surface area contributed by atoms with Gasteiger partial charge in [0, 0.05) is 0 Å². The van der Waals surface area contributed by atoms with Crippen molar-refractivity contribution in [1.82, 2.24) is 0 Å². The maximum atomic E-state index is 10.9. The SMILES string of the molecule is CC1COCC(C)C(=O)O1. The molecule has 0 bridgehead atoms. The zero-order valence-electron chi connectivity index (χ0n) is 6.29. The van der Waals surface area contributed by atoms with Gasteiger partial charge >= 0.3 is 5.97 Å². The van der Waals surface area contributed by atoms with Gasteiger partial charge in [-0.2, -0.15) is 0 Å². The van der Waals surface area contributed by atoms with E-state index in [4.69, 9.17) is 9.47 Å². The Labute approximate surface area is 60.3 Å². The largest absolute Gasteiger partial charge is 0.460 e. The fourth-order valence-corrected chi connectivity index (χ4v) is 0.827. The lowest BCUT2D eigenvalue weighted by molar-refractivity contribution is -0.150. The first kappa shape index (κ1) is 7.54. The van der Waals surface area contributed by atoms with Crippen LogP contribution in [-0.2, 0) is 14.3 Å². The first-order valence-electron chi connectivity index (χ1n) is 3.48. The predicted molar refractivity (Wildman–Crippen MR) is 35.5 cm³/mol. The summed E-state index contributed by atoms with van der Waals surface area (Å²) in [4.78, 5) is 10.9. The summed E-state index contributed by atoms with van der Waals surface area (Å²) in [5, 5.41) is 0. The highest BCUT2D eigenvalue weighted by Crippen LogP contribution is 2.07. The summed E-state index contributed by atoms with van der Waals surface area (Å²) in [5.41, 5.74) is 0. The predicted octanol–water partition coefficient (Wildman–Crippen LogP) is 0.584. The number of ether oxygens (including phenoxy) is 2. The zero-order valence-corrected chi connectivity index (χ0v) is 6.29. The van der Waals surface area contributed by atoms with Gasteiger partial charge in [-0.05, 0) is 13.8 Å². The average molecular weight is 144 g/mol. The molecule has 1 fully saturated rings. The Morgan fingerprint density at radius 1 is 1.40 bits per heavy atom. The molecule has 58 valence electrons. The van der Waals surface area contributed by atoms with Crippen LogP contribution in [0, 0.1) is 5.92 Å². The lowest BCUT2D eigenvalue weighted by atomic mass is 10.2. The summed E-state index contributed by atoms with van der Waals surface area (Å²) in [5.74, 6) is -0.255. The number of esters is 1. The van der Waals surface area contributed by atoms with Crippen molar-refractivity contribution >= 4 is 5.97 Å². The lowest BCUT2D eigenvalue weighted by Crippen LogP contribution is -2.18. The van der Waals surface area contributed by atoms with E-state index in [0.717, 1.165) is 0 Å². The van der Waals surface area contributed by atoms with Gasteiger partial charge in [0.25, 0.3) is 0 Å². The number of cyclic esters (lactones) is 1. The van der Waals surface area contributed by atoms with Crippen LogP contribution in [0.25, 0.3) is 0 Å². The monoisotopic (exact) mass is 144 g/mol. The van der Waals surface area contributed by atoms with Crippen LogP contribution < -0.4 is 0 Å². The fraction of sp³-hybridized carbons (Fsp3) is 0.857. The van der Waals surface area contributed by atoms with Crippen molar-refractivity contribution in [2.24, 2.45) is 5.92 Å². The van der Waals surface area contributed by atoms with Gasteiger partial charge in [0.2, 0.25) is 0 Å². The zero-order chi connectivity index (χ0) is 7.56. The third-order valence-corrected chi connectivity index (χ3v) is 1.44. The van der Waals surface area contributed by atoms with E-state index in [1.807, 2.05) is 6.92 Å². The Balaban J connectivity index is 2.49. The standard InChI is InChI=1S/C7H12O3/c1-5-3-9-4-6(2)10-7(5)8/h5-6H,3-4H2,1-2H3. The second-order valence-corrected chi connectivity index (χ2v) is 2.69. The van der Waals surface area contributed by atoms with E-state index in [2.05, 4.69) is 0 Å². The van der Waals surface area contributed by atoms with Gasteiger partial charge in [-0.1, -0.05) is 0 Å². The van der Waals surface area contributed by atoms with E-state index >= 15 is 0 Å². The first-order chi connectivity index (χ1) is 4.70. The second-order valence-electron chi connectivity index (χ2n) is 2.69. The minimum absolute atomic E-state index is 0.0857. The summed E-state index contributed by atoms with van der Waals surface area (Å²) < 4.78 is 10.1. The Bertz CT molecular complexity index is 133. The Kier molecular flexibility index (Phi) is 2.27. The van der Waals surface area contributed by atoms with Crippen molar-refractivity contribution in [3.05, 3.63) is 0 Å². The normalized spacial score (nSPS) is 34.8. The van der Waals surface area contributed by atoms with Gasteiger partial charge in [-0.25, -0.2) is 0 Å². The molecule has 3 nitrogen and oxygen atoms in total. The van der Waals surface area contributed by atoms with E-state index in [-0.39, 0.29) is 18.0 Å². The van der Waals surface area contributed by atoms with Gasteiger partial charge in [-0.3, -0.25) is 4.79 Å². The minimum atomic E-state index is -0.148. The molecule has 0 N–H and O–H groups in total. The molecule has 0 radical (unpaired) electrons. The highest BCUT2D eigenvalue weighted by molar-refractivity contribution is 5.72. The molecule has 1 saturated heterocycles. The molecule has 1 aliphatic heterocycles. The molecule has 0 aromatic carbocycles. The topological polar surface area (TPSA) is 35.5 Å². The van der Waals surface area contributed by atoms with Gasteiger partial charge in [0.1, 0.15) is 6.10 Å². The van der Waals surface area contributed by atoms with Crippen LogP contribution in [0.3, 0.4) is 0 Å². The highest BCUT2D eigenvalue weighted by Gasteiger charge is 2.21. The third-order valence-electron chi connectivity index (χ3n) is 1.44. The van der Waals surface area contributed by atoms with Crippen molar-refractivity contribution in [3.8, 4) is 0 Å². The molecule has 3 heteroatoms. The van der Waals surface area contributed by atoms with Crippen LogP contribution in [-0.4, -0.2) is 25.3 Å². The summed E-state index contributed by atoms with van der Waals surface area (Å²) in [6, 6.07) is 0. The van der Waals surface area contributed by atoms with Crippen molar-refractivity contribution < 1.29 is 14.3 Å². The second kappa shape index (κ2) is 3.01. The van der Waals surface area contributed by atoms with Crippen molar-refractivity contribution in [2.75, 3.05) is 13.2 Å². The molecule has 0 amide bonds. The van der Waals surface area contributed by atoms with Crippen LogP contribution in [0.5, 0.6) is 0 Å². The van der Waals surface area contributed by atoms with Crippen molar-refractivity contribution in [1.29, 1.82) is 0 Å². The molecule has 2 atom stereocenters. The Morgan fingerprint density at radius 3 is 2.80 bits per heavy atom. The fourth-order valence-electron chi connectivity index (χ4n) is 0.827. The average Bonchev–Trinajstić information content (AvgIpc) is 1.96. The van der Waals surface area contributed by atoms with E-state index in [9.17, 15) is 4.79 Å². The van der Waals surface area contributed by atoms with E-state index in [1.54, 1.807) is 6.92 Å². The Hall–Kier alpha value is -0.570. The summed E-state index contributed by atoms with van der Waals surface area (Å²) in [6.07, 6.45) is -0.0857. The molecule has 0 aromatic heterocycles. The van der Waals surface area contributed by atoms with E-state index in [1.165, 1.54) is 0 Å². The number of carbonyl (C=O) groups is 1. The quantitative estimate of drug-likeness (QED) is 0.467. The van der Waals surface area contributed by atoms with E-state index < -0.39 is 0 Å². The molecule has 1 aliphatic rings. The molecule has 0 saturated carbocycles. The molecule has 1 heterocycles. The maximum absolute atomic E-state index is 10.9. The number of hydrogen-bond acceptors (Lipinski definition) is 3. The molecule has 0 aliphatic carbocycles. The van der Waals surface area contributed by atoms with Gasteiger partial charge in [0.15, 0.2) is 0 Å². The van der Waals surface area contributed by atoms with E-state index in [0.29, 0.717) is 13.2 Å². The molecule has 0 spiro atoms. The molecule has 10 heavy (non-hydrogen) atoms. The van der Waals surface area contributed by atoms with Crippen LogP contribution in [0.15, 0.2) is 0 Å². The Morgan fingerprint density at radius 2 is 2.10 bits per heavy atom. The summed E-state index contributed by atoms with van der Waals surface area (Å²) >= 11 is 0. The van der Waals surface area contributed by atoms with Gasteiger partial charge in [0.05, 0.1) is 19.1 Å². The molecular formula is C7H12O3. The summed E-state index contributed by atoms with van der Waals surface area (Å²) in [6.45, 7) is 4.65. The van der Waals surface area contributed by atoms with Crippen molar-refractivity contribution in [2.45, 2.75) is 20.0 Å². The van der Waals surface area contributed by atoms with Crippen LogP contribution in [0.2, 0.25) is 0 Å². The highest BCUT2D eigenvalue weighted by atomic mass is 16.6. The van der Waals surface area contributed by atoms with Gasteiger partial charge in [-0.15, -0.1) is 0 Å². The number of carbonyl (C=O) groups excluding carboxylic acids is 1. The number of hydrogen-bond donors (Lipinski definition) is 0. The maximum Gasteiger partial charge on any atom is 0.311 e. The van der Waals surface area contributed by atoms with Crippen LogP contribution >= 0.6 is 0 Å². The van der Waals surface area contributed by atoms with Crippen LogP contribution in [0.1, 0.15) is 13.8 Å². The summed E-state index contributed by atoms with van der Waals surface area (Å²) in [7, 11) is 0. The molecule has 1 rings (SSSR count). The molecule has 2 unspecified atom stereocenters.